The molecule has 2 rings (SSSR count). The maximum absolute atomic E-state index is 12.2. The molecule has 1 heterocycles. The molecule has 5 heteroatoms. The number of piperidine rings is 1. The SMILES string of the molecule is CCCS(=O)(=O)c1ccccc1OC1CCNCC1. The van der Waals surface area contributed by atoms with Crippen molar-refractivity contribution >= 4 is 9.84 Å². The zero-order chi connectivity index (χ0) is 13.7. The Balaban J connectivity index is 2.20. The average molecular weight is 283 g/mol. The van der Waals surface area contributed by atoms with Gasteiger partial charge >= 0.3 is 0 Å². The third-order valence-electron chi connectivity index (χ3n) is 3.24. The van der Waals surface area contributed by atoms with Gasteiger partial charge in [-0.05, 0) is 44.5 Å². The van der Waals surface area contributed by atoms with Gasteiger partial charge in [0.25, 0.3) is 0 Å². The second-order valence-corrected chi connectivity index (χ2v) is 6.91. The maximum atomic E-state index is 12.2. The van der Waals surface area contributed by atoms with Crippen LogP contribution in [0.4, 0.5) is 0 Å². The number of nitrogens with one attached hydrogen (secondary N) is 1. The lowest BCUT2D eigenvalue weighted by molar-refractivity contribution is 0.158. The van der Waals surface area contributed by atoms with Crippen molar-refractivity contribution in [2.75, 3.05) is 18.8 Å². The summed E-state index contributed by atoms with van der Waals surface area (Å²) >= 11 is 0. The van der Waals surface area contributed by atoms with Crippen LogP contribution in [0, 0.1) is 0 Å². The van der Waals surface area contributed by atoms with Gasteiger partial charge in [-0.1, -0.05) is 19.1 Å². The van der Waals surface area contributed by atoms with Gasteiger partial charge in [-0.25, -0.2) is 8.42 Å². The van der Waals surface area contributed by atoms with Gasteiger partial charge in [-0.2, -0.15) is 0 Å². The molecule has 0 amide bonds. The summed E-state index contributed by atoms with van der Waals surface area (Å²) in [4.78, 5) is 0.329. The summed E-state index contributed by atoms with van der Waals surface area (Å²) < 4.78 is 30.3. The Morgan fingerprint density at radius 2 is 1.95 bits per heavy atom. The van der Waals surface area contributed by atoms with Gasteiger partial charge in [0.15, 0.2) is 9.84 Å². The molecule has 4 nitrogen and oxygen atoms in total. The summed E-state index contributed by atoms with van der Waals surface area (Å²) in [5, 5.41) is 3.27. The van der Waals surface area contributed by atoms with E-state index in [1.165, 1.54) is 0 Å². The molecular weight excluding hydrogens is 262 g/mol. The summed E-state index contributed by atoms with van der Waals surface area (Å²) in [6.07, 6.45) is 2.56. The minimum atomic E-state index is -3.23. The summed E-state index contributed by atoms with van der Waals surface area (Å²) in [5.41, 5.74) is 0. The van der Waals surface area contributed by atoms with Crippen LogP contribution in [-0.4, -0.2) is 33.4 Å². The molecule has 0 atom stereocenters. The Morgan fingerprint density at radius 3 is 2.63 bits per heavy atom. The summed E-state index contributed by atoms with van der Waals surface area (Å²) in [6, 6.07) is 6.96. The Bertz CT molecular complexity index is 507. The Labute approximate surface area is 115 Å². The highest BCUT2D eigenvalue weighted by Crippen LogP contribution is 2.27. The van der Waals surface area contributed by atoms with Crippen molar-refractivity contribution in [2.45, 2.75) is 37.2 Å². The first-order valence-electron chi connectivity index (χ1n) is 6.82. The second kappa shape index (κ2) is 6.39. The van der Waals surface area contributed by atoms with E-state index in [1.54, 1.807) is 18.2 Å². The van der Waals surface area contributed by atoms with Crippen molar-refractivity contribution < 1.29 is 13.2 Å². The Hall–Kier alpha value is -1.07. The number of ether oxygens (including phenoxy) is 1. The third-order valence-corrected chi connectivity index (χ3v) is 5.19. The average Bonchev–Trinajstić information content (AvgIpc) is 2.40. The van der Waals surface area contributed by atoms with E-state index in [1.807, 2.05) is 13.0 Å². The molecule has 0 saturated carbocycles. The molecule has 0 spiro atoms. The van der Waals surface area contributed by atoms with Gasteiger partial charge in [0.2, 0.25) is 0 Å². The zero-order valence-corrected chi connectivity index (χ0v) is 12.1. The van der Waals surface area contributed by atoms with E-state index in [-0.39, 0.29) is 11.9 Å². The van der Waals surface area contributed by atoms with Crippen LogP contribution in [0.2, 0.25) is 0 Å². The molecule has 1 aromatic carbocycles. The van der Waals surface area contributed by atoms with Gasteiger partial charge in [-0.3, -0.25) is 0 Å². The number of hydrogen-bond donors (Lipinski definition) is 1. The molecule has 1 fully saturated rings. The van der Waals surface area contributed by atoms with E-state index in [0.717, 1.165) is 25.9 Å². The molecule has 1 N–H and O–H groups in total. The highest BCUT2D eigenvalue weighted by atomic mass is 32.2. The van der Waals surface area contributed by atoms with Gasteiger partial charge < -0.3 is 10.1 Å². The van der Waals surface area contributed by atoms with Gasteiger partial charge in [0.1, 0.15) is 16.7 Å². The van der Waals surface area contributed by atoms with E-state index in [0.29, 0.717) is 17.1 Å². The van der Waals surface area contributed by atoms with Crippen LogP contribution in [0.25, 0.3) is 0 Å². The molecule has 0 bridgehead atoms. The van der Waals surface area contributed by atoms with Crippen LogP contribution in [0.15, 0.2) is 29.2 Å². The molecule has 0 radical (unpaired) electrons. The Morgan fingerprint density at radius 1 is 1.26 bits per heavy atom. The van der Waals surface area contributed by atoms with E-state index < -0.39 is 9.84 Å². The largest absolute Gasteiger partial charge is 0.489 e. The molecular formula is C14H21NO3S. The van der Waals surface area contributed by atoms with Crippen LogP contribution in [0.5, 0.6) is 5.75 Å². The van der Waals surface area contributed by atoms with Crippen molar-refractivity contribution in [3.8, 4) is 5.75 Å². The minimum absolute atomic E-state index is 0.110. The second-order valence-electron chi connectivity index (χ2n) is 4.83. The number of sulfone groups is 1. The molecule has 1 saturated heterocycles. The van der Waals surface area contributed by atoms with E-state index in [2.05, 4.69) is 5.32 Å². The van der Waals surface area contributed by atoms with Crippen molar-refractivity contribution in [1.82, 2.24) is 5.32 Å². The lowest BCUT2D eigenvalue weighted by atomic mass is 10.1. The number of benzene rings is 1. The van der Waals surface area contributed by atoms with Crippen LogP contribution in [0.1, 0.15) is 26.2 Å². The standard InChI is InChI=1S/C14H21NO3S/c1-2-11-19(16,17)14-6-4-3-5-13(14)18-12-7-9-15-10-8-12/h3-6,12,15H,2,7-11H2,1H3. The molecule has 0 unspecified atom stereocenters. The van der Waals surface area contributed by atoms with Crippen LogP contribution in [0.3, 0.4) is 0 Å². The van der Waals surface area contributed by atoms with E-state index in [9.17, 15) is 8.42 Å². The van der Waals surface area contributed by atoms with Crippen LogP contribution in [-0.2, 0) is 9.84 Å². The van der Waals surface area contributed by atoms with Gasteiger partial charge in [0, 0.05) is 0 Å². The number of para-hydroxylation sites is 1. The summed E-state index contributed by atoms with van der Waals surface area (Å²) in [5.74, 6) is 0.669. The molecule has 1 aromatic rings. The maximum Gasteiger partial charge on any atom is 0.182 e. The fourth-order valence-electron chi connectivity index (χ4n) is 2.28. The van der Waals surface area contributed by atoms with Gasteiger partial charge in [-0.15, -0.1) is 0 Å². The minimum Gasteiger partial charge on any atom is -0.489 e. The number of hydrogen-bond acceptors (Lipinski definition) is 4. The predicted molar refractivity (Wildman–Crippen MR) is 75.3 cm³/mol. The van der Waals surface area contributed by atoms with E-state index >= 15 is 0 Å². The first-order chi connectivity index (χ1) is 9.13. The van der Waals surface area contributed by atoms with Crippen molar-refractivity contribution in [1.29, 1.82) is 0 Å². The number of rotatable bonds is 5. The van der Waals surface area contributed by atoms with Crippen LogP contribution >= 0.6 is 0 Å². The normalized spacial score (nSPS) is 17.3. The predicted octanol–water partition coefficient (Wildman–Crippen LogP) is 2.00. The lowest BCUT2D eigenvalue weighted by Crippen LogP contribution is -2.34. The fraction of sp³-hybridized carbons (Fsp3) is 0.571. The van der Waals surface area contributed by atoms with Gasteiger partial charge in [0.05, 0.1) is 5.75 Å². The van der Waals surface area contributed by atoms with Crippen molar-refractivity contribution in [3.05, 3.63) is 24.3 Å². The summed E-state index contributed by atoms with van der Waals surface area (Å²) in [6.45, 7) is 3.72. The Kier molecular flexibility index (Phi) is 4.82. The molecule has 19 heavy (non-hydrogen) atoms. The first kappa shape index (κ1) is 14.3. The fourth-order valence-corrected chi connectivity index (χ4v) is 3.74. The highest BCUT2D eigenvalue weighted by Gasteiger charge is 2.21. The quantitative estimate of drug-likeness (QED) is 0.898. The summed E-state index contributed by atoms with van der Waals surface area (Å²) in [7, 11) is -3.23. The molecule has 0 aliphatic carbocycles. The zero-order valence-electron chi connectivity index (χ0n) is 11.3. The smallest absolute Gasteiger partial charge is 0.182 e. The van der Waals surface area contributed by atoms with Crippen LogP contribution < -0.4 is 10.1 Å². The molecule has 1 aliphatic rings. The van der Waals surface area contributed by atoms with E-state index in [4.69, 9.17) is 4.74 Å². The lowest BCUT2D eigenvalue weighted by Gasteiger charge is -2.24. The highest BCUT2D eigenvalue weighted by molar-refractivity contribution is 7.91. The molecule has 0 aromatic heterocycles. The molecule has 1 aliphatic heterocycles. The molecule has 106 valence electrons. The van der Waals surface area contributed by atoms with Crippen molar-refractivity contribution in [2.24, 2.45) is 0 Å². The topological polar surface area (TPSA) is 55.4 Å². The van der Waals surface area contributed by atoms with Crippen molar-refractivity contribution in [3.63, 3.8) is 0 Å². The first-order valence-corrected chi connectivity index (χ1v) is 8.48. The third kappa shape index (κ3) is 3.70. The monoisotopic (exact) mass is 283 g/mol.